The van der Waals surface area contributed by atoms with Crippen LogP contribution in [0.1, 0.15) is 10.1 Å². The lowest BCUT2D eigenvalue weighted by Gasteiger charge is -2.11. The van der Waals surface area contributed by atoms with Gasteiger partial charge in [-0.25, -0.2) is 0 Å². The molecule has 1 aromatic carbocycles. The topological polar surface area (TPSA) is 52.0 Å². The van der Waals surface area contributed by atoms with Gasteiger partial charge in [-0.05, 0) is 28.5 Å². The van der Waals surface area contributed by atoms with E-state index >= 15 is 0 Å². The van der Waals surface area contributed by atoms with Gasteiger partial charge < -0.3 is 11.5 Å². The largest absolute Gasteiger partial charge is 0.399 e. The van der Waals surface area contributed by atoms with Crippen molar-refractivity contribution in [2.75, 3.05) is 11.5 Å². The van der Waals surface area contributed by atoms with Crippen molar-refractivity contribution in [1.82, 2.24) is 0 Å². The van der Waals surface area contributed by atoms with Gasteiger partial charge in [0.2, 0.25) is 0 Å². The molecule has 0 fully saturated rings. The van der Waals surface area contributed by atoms with E-state index in [0.717, 1.165) is 16.9 Å². The van der Waals surface area contributed by atoms with E-state index in [1.54, 1.807) is 23.5 Å². The summed E-state index contributed by atoms with van der Waals surface area (Å²) in [5.74, 6) is 0. The standard InChI is InChI=1S/C9H10N2S2/c10-6-1-2-7(8(11)5-6)9-12-3-4-13-9/h1-5,9H,10-11H2. The summed E-state index contributed by atoms with van der Waals surface area (Å²) >= 11 is 3.55. The third-order valence-corrected chi connectivity index (χ3v) is 4.25. The van der Waals surface area contributed by atoms with E-state index in [0.29, 0.717) is 4.58 Å². The predicted molar refractivity (Wildman–Crippen MR) is 62.3 cm³/mol. The van der Waals surface area contributed by atoms with Crippen molar-refractivity contribution in [3.05, 3.63) is 34.6 Å². The van der Waals surface area contributed by atoms with Gasteiger partial charge in [0, 0.05) is 11.4 Å². The highest BCUT2D eigenvalue weighted by Gasteiger charge is 2.16. The van der Waals surface area contributed by atoms with Crippen LogP contribution in [0.5, 0.6) is 0 Å². The second-order valence-corrected chi connectivity index (χ2v) is 5.09. The maximum absolute atomic E-state index is 5.87. The third kappa shape index (κ3) is 1.78. The van der Waals surface area contributed by atoms with Crippen molar-refractivity contribution in [1.29, 1.82) is 0 Å². The van der Waals surface area contributed by atoms with Crippen LogP contribution in [0.15, 0.2) is 29.0 Å². The molecule has 0 aromatic heterocycles. The Morgan fingerprint density at radius 3 is 2.38 bits per heavy atom. The molecule has 0 spiro atoms. The highest BCUT2D eigenvalue weighted by atomic mass is 32.2. The van der Waals surface area contributed by atoms with Crippen LogP contribution in [0.25, 0.3) is 0 Å². The fraction of sp³-hybridized carbons (Fsp3) is 0.111. The highest BCUT2D eigenvalue weighted by Crippen LogP contribution is 2.48. The monoisotopic (exact) mass is 210 g/mol. The average molecular weight is 210 g/mol. The minimum absolute atomic E-state index is 0.403. The molecule has 0 aliphatic carbocycles. The number of nitrogen functional groups attached to an aromatic ring is 2. The molecule has 13 heavy (non-hydrogen) atoms. The molecule has 0 amide bonds. The van der Waals surface area contributed by atoms with E-state index in [1.165, 1.54) is 0 Å². The summed E-state index contributed by atoms with van der Waals surface area (Å²) in [6.45, 7) is 0. The molecule has 1 aliphatic rings. The quantitative estimate of drug-likeness (QED) is 0.700. The molecule has 4 heteroatoms. The molecule has 2 nitrogen and oxygen atoms in total. The van der Waals surface area contributed by atoms with Crippen molar-refractivity contribution >= 4 is 34.9 Å². The molecular weight excluding hydrogens is 200 g/mol. The Labute approximate surface area is 85.8 Å². The normalized spacial score (nSPS) is 16.6. The Morgan fingerprint density at radius 2 is 1.77 bits per heavy atom. The molecule has 68 valence electrons. The molecule has 1 aromatic rings. The van der Waals surface area contributed by atoms with Crippen molar-refractivity contribution < 1.29 is 0 Å². The fourth-order valence-electron chi connectivity index (χ4n) is 1.19. The lowest BCUT2D eigenvalue weighted by Crippen LogP contribution is -1.96. The van der Waals surface area contributed by atoms with E-state index < -0.39 is 0 Å². The average Bonchev–Trinajstić information content (AvgIpc) is 2.56. The minimum Gasteiger partial charge on any atom is -0.399 e. The van der Waals surface area contributed by atoms with Crippen LogP contribution in [-0.2, 0) is 0 Å². The third-order valence-electron chi connectivity index (χ3n) is 1.82. The van der Waals surface area contributed by atoms with Crippen LogP contribution in [0.3, 0.4) is 0 Å². The van der Waals surface area contributed by atoms with Crippen LogP contribution in [-0.4, -0.2) is 0 Å². The number of thioether (sulfide) groups is 2. The Bertz CT molecular complexity index is 341. The summed E-state index contributed by atoms with van der Waals surface area (Å²) in [5.41, 5.74) is 14.2. The molecule has 2 rings (SSSR count). The molecule has 1 heterocycles. The molecule has 0 radical (unpaired) electrons. The van der Waals surface area contributed by atoms with Crippen LogP contribution in [0.2, 0.25) is 0 Å². The predicted octanol–water partition coefficient (Wildman–Crippen LogP) is 2.80. The van der Waals surface area contributed by atoms with Gasteiger partial charge in [0.15, 0.2) is 0 Å². The molecule has 1 aliphatic heterocycles. The van der Waals surface area contributed by atoms with Crippen molar-refractivity contribution in [2.24, 2.45) is 0 Å². The first-order valence-corrected chi connectivity index (χ1v) is 5.77. The maximum Gasteiger partial charge on any atom is 0.0853 e. The Balaban J connectivity index is 2.30. The Kier molecular flexibility index (Phi) is 2.42. The van der Waals surface area contributed by atoms with Gasteiger partial charge >= 0.3 is 0 Å². The lowest BCUT2D eigenvalue weighted by atomic mass is 10.2. The summed E-state index contributed by atoms with van der Waals surface area (Å²) in [7, 11) is 0. The van der Waals surface area contributed by atoms with Gasteiger partial charge in [-0.3, -0.25) is 0 Å². The second-order valence-electron chi connectivity index (χ2n) is 2.76. The van der Waals surface area contributed by atoms with Gasteiger partial charge in [-0.15, -0.1) is 23.5 Å². The summed E-state index contributed by atoms with van der Waals surface area (Å²) in [5, 5.41) is 4.18. The van der Waals surface area contributed by atoms with E-state index in [2.05, 4.69) is 10.8 Å². The number of hydrogen-bond acceptors (Lipinski definition) is 4. The van der Waals surface area contributed by atoms with E-state index in [9.17, 15) is 0 Å². The first-order valence-electron chi connectivity index (χ1n) is 3.88. The van der Waals surface area contributed by atoms with Crippen molar-refractivity contribution in [3.8, 4) is 0 Å². The van der Waals surface area contributed by atoms with Crippen LogP contribution in [0.4, 0.5) is 11.4 Å². The zero-order valence-electron chi connectivity index (χ0n) is 6.94. The lowest BCUT2D eigenvalue weighted by molar-refractivity contribution is 1.40. The molecule has 0 bridgehead atoms. The molecular formula is C9H10N2S2. The summed E-state index contributed by atoms with van der Waals surface area (Å²) in [6, 6.07) is 5.71. The van der Waals surface area contributed by atoms with E-state index in [1.807, 2.05) is 18.2 Å². The summed E-state index contributed by atoms with van der Waals surface area (Å²) in [4.78, 5) is 0. The van der Waals surface area contributed by atoms with Gasteiger partial charge in [0.25, 0.3) is 0 Å². The number of anilines is 2. The summed E-state index contributed by atoms with van der Waals surface area (Å²) < 4.78 is 0.403. The first-order chi connectivity index (χ1) is 6.27. The molecule has 0 atom stereocenters. The number of nitrogens with two attached hydrogens (primary N) is 2. The minimum atomic E-state index is 0.403. The van der Waals surface area contributed by atoms with Gasteiger partial charge in [0.05, 0.1) is 4.58 Å². The summed E-state index contributed by atoms with van der Waals surface area (Å²) in [6.07, 6.45) is 0. The van der Waals surface area contributed by atoms with Crippen molar-refractivity contribution in [3.63, 3.8) is 0 Å². The zero-order valence-corrected chi connectivity index (χ0v) is 8.57. The zero-order chi connectivity index (χ0) is 9.26. The molecule has 0 unspecified atom stereocenters. The Hall–Kier alpha value is -0.740. The maximum atomic E-state index is 5.87. The van der Waals surface area contributed by atoms with Crippen molar-refractivity contribution in [2.45, 2.75) is 4.58 Å². The second kappa shape index (κ2) is 3.55. The highest BCUT2D eigenvalue weighted by molar-refractivity contribution is 8.21. The van der Waals surface area contributed by atoms with E-state index in [4.69, 9.17) is 11.5 Å². The smallest absolute Gasteiger partial charge is 0.0853 e. The van der Waals surface area contributed by atoms with E-state index in [-0.39, 0.29) is 0 Å². The molecule has 4 N–H and O–H groups in total. The van der Waals surface area contributed by atoms with Crippen LogP contribution < -0.4 is 11.5 Å². The fourth-order valence-corrected chi connectivity index (χ4v) is 3.36. The number of rotatable bonds is 1. The Morgan fingerprint density at radius 1 is 1.08 bits per heavy atom. The van der Waals surface area contributed by atoms with Crippen LogP contribution in [0, 0.1) is 0 Å². The number of benzene rings is 1. The van der Waals surface area contributed by atoms with Crippen LogP contribution >= 0.6 is 23.5 Å². The molecule has 0 saturated heterocycles. The SMILES string of the molecule is Nc1ccc(C2SC=CS2)c(N)c1. The van der Waals surface area contributed by atoms with Gasteiger partial charge in [0.1, 0.15) is 0 Å². The molecule has 0 saturated carbocycles. The first kappa shape index (κ1) is 8.84. The van der Waals surface area contributed by atoms with Gasteiger partial charge in [-0.1, -0.05) is 6.07 Å². The number of hydrogen-bond donors (Lipinski definition) is 2. The van der Waals surface area contributed by atoms with Gasteiger partial charge in [-0.2, -0.15) is 0 Å².